The van der Waals surface area contributed by atoms with Gasteiger partial charge >= 0.3 is 6.18 Å². The third-order valence-electron chi connectivity index (χ3n) is 3.36. The van der Waals surface area contributed by atoms with E-state index < -0.39 is 11.7 Å². The number of hydrogen-bond donors (Lipinski definition) is 1. The average molecular weight is 282 g/mol. The van der Waals surface area contributed by atoms with Gasteiger partial charge in [0.25, 0.3) is 0 Å². The summed E-state index contributed by atoms with van der Waals surface area (Å²) in [7, 11) is 0. The zero-order valence-corrected chi connectivity index (χ0v) is 11.5. The van der Waals surface area contributed by atoms with E-state index in [0.29, 0.717) is 23.4 Å². The fraction of sp³-hybridized carbons (Fsp3) is 0.400. The summed E-state index contributed by atoms with van der Waals surface area (Å²) in [5, 5.41) is 0.545. The van der Waals surface area contributed by atoms with Gasteiger partial charge < -0.3 is 5.73 Å². The number of nitrogens with two attached hydrogens (primary N) is 1. The molecule has 1 aromatic heterocycles. The molecule has 0 saturated carbocycles. The van der Waals surface area contributed by atoms with E-state index in [-0.39, 0.29) is 0 Å². The number of rotatable bonds is 3. The first-order chi connectivity index (χ1) is 9.31. The van der Waals surface area contributed by atoms with Crippen LogP contribution in [0.25, 0.3) is 10.9 Å². The standard InChI is InChI=1S/C15H17F3N2/c1-9(8-19)5-12-6-10(2)13-7-11(15(16,17)18)3-4-14(13)20-12/h3-4,6-7,9H,5,8,19H2,1-2H3. The molecule has 0 amide bonds. The molecule has 2 aromatic rings. The summed E-state index contributed by atoms with van der Waals surface area (Å²) in [6.45, 7) is 4.39. The molecule has 0 saturated heterocycles. The number of alkyl halides is 3. The molecular weight excluding hydrogens is 265 g/mol. The summed E-state index contributed by atoms with van der Waals surface area (Å²) in [6.07, 6.45) is -3.60. The first kappa shape index (κ1) is 14.8. The van der Waals surface area contributed by atoms with Gasteiger partial charge in [-0.25, -0.2) is 0 Å². The number of fused-ring (bicyclic) bond motifs is 1. The number of halogens is 3. The van der Waals surface area contributed by atoms with Gasteiger partial charge in [-0.15, -0.1) is 0 Å². The highest BCUT2D eigenvalue weighted by atomic mass is 19.4. The topological polar surface area (TPSA) is 38.9 Å². The molecular formula is C15H17F3N2. The first-order valence-corrected chi connectivity index (χ1v) is 6.49. The summed E-state index contributed by atoms with van der Waals surface area (Å²) >= 11 is 0. The molecule has 0 fully saturated rings. The van der Waals surface area contributed by atoms with E-state index in [1.165, 1.54) is 6.07 Å². The minimum Gasteiger partial charge on any atom is -0.330 e. The van der Waals surface area contributed by atoms with Gasteiger partial charge in [0.2, 0.25) is 0 Å². The Bertz CT molecular complexity index is 620. The SMILES string of the molecule is Cc1cc(CC(C)CN)nc2ccc(C(F)(F)F)cc12. The number of nitrogens with zero attached hydrogens (tertiary/aromatic N) is 1. The molecule has 0 aliphatic carbocycles. The van der Waals surface area contributed by atoms with Crippen molar-refractivity contribution in [1.82, 2.24) is 4.98 Å². The zero-order chi connectivity index (χ0) is 14.9. The molecule has 2 rings (SSSR count). The van der Waals surface area contributed by atoms with Crippen molar-refractivity contribution < 1.29 is 13.2 Å². The van der Waals surface area contributed by atoms with Crippen LogP contribution in [0.3, 0.4) is 0 Å². The van der Waals surface area contributed by atoms with Gasteiger partial charge in [-0.1, -0.05) is 6.92 Å². The predicted octanol–water partition coefficient (Wildman–Crippen LogP) is 3.70. The van der Waals surface area contributed by atoms with E-state index in [4.69, 9.17) is 5.73 Å². The summed E-state index contributed by atoms with van der Waals surface area (Å²) in [5.41, 5.74) is 7.21. The van der Waals surface area contributed by atoms with Crippen LogP contribution in [0.15, 0.2) is 24.3 Å². The Labute approximate surface area is 115 Å². The zero-order valence-electron chi connectivity index (χ0n) is 11.5. The van der Waals surface area contributed by atoms with E-state index in [1.807, 2.05) is 13.0 Å². The van der Waals surface area contributed by atoms with Crippen molar-refractivity contribution in [3.8, 4) is 0 Å². The molecule has 0 aliphatic rings. The molecule has 1 heterocycles. The second-order valence-corrected chi connectivity index (χ2v) is 5.21. The molecule has 1 unspecified atom stereocenters. The number of aromatic nitrogens is 1. The summed E-state index contributed by atoms with van der Waals surface area (Å²) in [6, 6.07) is 5.51. The highest BCUT2D eigenvalue weighted by molar-refractivity contribution is 5.83. The Morgan fingerprint density at radius 3 is 2.55 bits per heavy atom. The monoisotopic (exact) mass is 282 g/mol. The Kier molecular flexibility index (Phi) is 3.99. The lowest BCUT2D eigenvalue weighted by Crippen LogP contribution is -2.14. The van der Waals surface area contributed by atoms with Crippen molar-refractivity contribution >= 4 is 10.9 Å². The maximum absolute atomic E-state index is 12.7. The van der Waals surface area contributed by atoms with Gasteiger partial charge in [0.15, 0.2) is 0 Å². The molecule has 2 N–H and O–H groups in total. The van der Waals surface area contributed by atoms with Crippen molar-refractivity contribution in [2.24, 2.45) is 11.7 Å². The third-order valence-corrected chi connectivity index (χ3v) is 3.36. The van der Waals surface area contributed by atoms with Crippen molar-refractivity contribution in [3.05, 3.63) is 41.1 Å². The number of benzene rings is 1. The van der Waals surface area contributed by atoms with Crippen LogP contribution >= 0.6 is 0 Å². The van der Waals surface area contributed by atoms with Gasteiger partial charge in [-0.2, -0.15) is 13.2 Å². The number of hydrogen-bond acceptors (Lipinski definition) is 2. The largest absolute Gasteiger partial charge is 0.416 e. The molecule has 20 heavy (non-hydrogen) atoms. The predicted molar refractivity (Wildman–Crippen MR) is 73.4 cm³/mol. The van der Waals surface area contributed by atoms with Crippen LogP contribution < -0.4 is 5.73 Å². The van der Waals surface area contributed by atoms with E-state index in [2.05, 4.69) is 4.98 Å². The van der Waals surface area contributed by atoms with Gasteiger partial charge in [0.05, 0.1) is 11.1 Å². The maximum Gasteiger partial charge on any atom is 0.416 e. The molecule has 0 radical (unpaired) electrons. The molecule has 5 heteroatoms. The lowest BCUT2D eigenvalue weighted by atomic mass is 10.0. The third kappa shape index (κ3) is 3.10. The summed E-state index contributed by atoms with van der Waals surface area (Å²) < 4.78 is 38.1. The fourth-order valence-corrected chi connectivity index (χ4v) is 2.19. The van der Waals surface area contributed by atoms with Gasteiger partial charge in [-0.05, 0) is 55.6 Å². The molecule has 1 atom stereocenters. The fourth-order valence-electron chi connectivity index (χ4n) is 2.19. The van der Waals surface area contributed by atoms with Crippen LogP contribution in [0.2, 0.25) is 0 Å². The number of pyridine rings is 1. The van der Waals surface area contributed by atoms with Crippen LogP contribution in [-0.2, 0) is 12.6 Å². The highest BCUT2D eigenvalue weighted by Crippen LogP contribution is 2.32. The van der Waals surface area contributed by atoms with Gasteiger partial charge in [0.1, 0.15) is 0 Å². The molecule has 108 valence electrons. The van der Waals surface area contributed by atoms with Gasteiger partial charge in [-0.3, -0.25) is 4.98 Å². The Morgan fingerprint density at radius 2 is 1.95 bits per heavy atom. The van der Waals surface area contributed by atoms with E-state index in [9.17, 15) is 13.2 Å². The van der Waals surface area contributed by atoms with Crippen LogP contribution in [0.1, 0.15) is 23.7 Å². The minimum atomic E-state index is -4.33. The van der Waals surface area contributed by atoms with E-state index in [0.717, 1.165) is 29.8 Å². The average Bonchev–Trinajstić information content (AvgIpc) is 2.37. The Balaban J connectivity index is 2.47. The maximum atomic E-state index is 12.7. The van der Waals surface area contributed by atoms with Crippen LogP contribution in [0.4, 0.5) is 13.2 Å². The second kappa shape index (κ2) is 5.40. The van der Waals surface area contributed by atoms with Crippen molar-refractivity contribution in [2.45, 2.75) is 26.4 Å². The lowest BCUT2D eigenvalue weighted by molar-refractivity contribution is -0.137. The molecule has 1 aromatic carbocycles. The Morgan fingerprint density at radius 1 is 1.25 bits per heavy atom. The lowest BCUT2D eigenvalue weighted by Gasteiger charge is -2.12. The molecule has 0 aliphatic heterocycles. The smallest absolute Gasteiger partial charge is 0.330 e. The van der Waals surface area contributed by atoms with Crippen LogP contribution in [0.5, 0.6) is 0 Å². The normalized spacial score (nSPS) is 13.7. The summed E-state index contributed by atoms with van der Waals surface area (Å²) in [5.74, 6) is 0.300. The van der Waals surface area contributed by atoms with Crippen molar-refractivity contribution in [2.75, 3.05) is 6.54 Å². The Hall–Kier alpha value is -1.62. The van der Waals surface area contributed by atoms with Crippen molar-refractivity contribution in [1.29, 1.82) is 0 Å². The second-order valence-electron chi connectivity index (χ2n) is 5.21. The van der Waals surface area contributed by atoms with E-state index in [1.54, 1.807) is 6.92 Å². The quantitative estimate of drug-likeness (QED) is 0.932. The first-order valence-electron chi connectivity index (χ1n) is 6.49. The van der Waals surface area contributed by atoms with Crippen LogP contribution in [0, 0.1) is 12.8 Å². The molecule has 0 bridgehead atoms. The van der Waals surface area contributed by atoms with Crippen molar-refractivity contribution in [3.63, 3.8) is 0 Å². The van der Waals surface area contributed by atoms with E-state index >= 15 is 0 Å². The minimum absolute atomic E-state index is 0.300. The summed E-state index contributed by atoms with van der Waals surface area (Å²) in [4.78, 5) is 4.42. The number of aryl methyl sites for hydroxylation is 1. The highest BCUT2D eigenvalue weighted by Gasteiger charge is 2.30. The van der Waals surface area contributed by atoms with Gasteiger partial charge in [0, 0.05) is 11.1 Å². The molecule has 0 spiro atoms. The molecule has 2 nitrogen and oxygen atoms in total. The van der Waals surface area contributed by atoms with Crippen LogP contribution in [-0.4, -0.2) is 11.5 Å².